The lowest BCUT2D eigenvalue weighted by Crippen LogP contribution is -2.24. The fourth-order valence-electron chi connectivity index (χ4n) is 2.20. The van der Waals surface area contributed by atoms with Crippen LogP contribution in [0.15, 0.2) is 23.1 Å². The van der Waals surface area contributed by atoms with Crippen LogP contribution in [0.4, 0.5) is 5.69 Å². The standard InChI is InChI=1S/C13H19N3O2/c1-16-8-2-3-11(13(16)18)15-12(17)5-4-10-6-7-14-9-10/h2-3,8,10,14H,4-7,9H2,1H3,(H,15,17). The van der Waals surface area contributed by atoms with Crippen molar-refractivity contribution in [1.29, 1.82) is 0 Å². The number of hydrogen-bond donors (Lipinski definition) is 2. The van der Waals surface area contributed by atoms with Crippen molar-refractivity contribution in [3.8, 4) is 0 Å². The number of rotatable bonds is 4. The van der Waals surface area contributed by atoms with Gasteiger partial charge in [0.15, 0.2) is 0 Å². The summed E-state index contributed by atoms with van der Waals surface area (Å²) < 4.78 is 1.45. The molecule has 98 valence electrons. The largest absolute Gasteiger partial charge is 0.321 e. The van der Waals surface area contributed by atoms with Gasteiger partial charge in [-0.1, -0.05) is 0 Å². The Bertz CT molecular complexity index is 475. The van der Waals surface area contributed by atoms with Crippen molar-refractivity contribution >= 4 is 11.6 Å². The van der Waals surface area contributed by atoms with Crippen molar-refractivity contribution in [2.45, 2.75) is 19.3 Å². The van der Waals surface area contributed by atoms with Crippen LogP contribution >= 0.6 is 0 Å². The molecule has 0 radical (unpaired) electrons. The van der Waals surface area contributed by atoms with Gasteiger partial charge in [-0.25, -0.2) is 0 Å². The summed E-state index contributed by atoms with van der Waals surface area (Å²) in [5.74, 6) is 0.513. The number of carbonyl (C=O) groups excluding carboxylic acids is 1. The second-order valence-electron chi connectivity index (χ2n) is 4.78. The Morgan fingerprint density at radius 2 is 2.44 bits per heavy atom. The second kappa shape index (κ2) is 5.82. The number of anilines is 1. The van der Waals surface area contributed by atoms with Crippen molar-refractivity contribution in [1.82, 2.24) is 9.88 Å². The molecule has 2 rings (SSSR count). The summed E-state index contributed by atoms with van der Waals surface area (Å²) in [6.07, 6.45) is 4.17. The van der Waals surface area contributed by atoms with Gasteiger partial charge in [-0.3, -0.25) is 9.59 Å². The maximum atomic E-state index is 11.8. The predicted molar refractivity (Wildman–Crippen MR) is 70.5 cm³/mol. The summed E-state index contributed by atoms with van der Waals surface area (Å²) in [5.41, 5.74) is 0.183. The van der Waals surface area contributed by atoms with Crippen molar-refractivity contribution in [3.63, 3.8) is 0 Å². The van der Waals surface area contributed by atoms with E-state index in [1.807, 2.05) is 0 Å². The van der Waals surface area contributed by atoms with Gasteiger partial charge in [-0.15, -0.1) is 0 Å². The van der Waals surface area contributed by atoms with Gasteiger partial charge in [0.25, 0.3) is 5.56 Å². The smallest absolute Gasteiger partial charge is 0.274 e. The third-order valence-corrected chi connectivity index (χ3v) is 3.34. The van der Waals surface area contributed by atoms with Crippen molar-refractivity contribution in [2.75, 3.05) is 18.4 Å². The third kappa shape index (κ3) is 3.20. The lowest BCUT2D eigenvalue weighted by atomic mass is 10.0. The van der Waals surface area contributed by atoms with Crippen molar-refractivity contribution in [2.24, 2.45) is 13.0 Å². The van der Waals surface area contributed by atoms with E-state index in [2.05, 4.69) is 10.6 Å². The Kier molecular flexibility index (Phi) is 4.15. The minimum absolute atomic E-state index is 0.0785. The van der Waals surface area contributed by atoms with E-state index in [9.17, 15) is 9.59 Å². The van der Waals surface area contributed by atoms with Gasteiger partial charge in [0.05, 0.1) is 0 Å². The average Bonchev–Trinajstić information content (AvgIpc) is 2.86. The molecule has 2 N–H and O–H groups in total. The van der Waals surface area contributed by atoms with Crippen LogP contribution in [-0.2, 0) is 11.8 Å². The van der Waals surface area contributed by atoms with Crippen LogP contribution in [-0.4, -0.2) is 23.6 Å². The molecule has 1 aromatic rings. The molecule has 1 fully saturated rings. The van der Waals surface area contributed by atoms with Crippen molar-refractivity contribution in [3.05, 3.63) is 28.7 Å². The summed E-state index contributed by atoms with van der Waals surface area (Å²) in [6.45, 7) is 2.05. The summed E-state index contributed by atoms with van der Waals surface area (Å²) >= 11 is 0. The van der Waals surface area contributed by atoms with E-state index >= 15 is 0 Å². The van der Waals surface area contributed by atoms with E-state index in [0.717, 1.165) is 25.9 Å². The number of carbonyl (C=O) groups is 1. The summed E-state index contributed by atoms with van der Waals surface area (Å²) in [6, 6.07) is 3.38. The van der Waals surface area contributed by atoms with Gasteiger partial charge in [0, 0.05) is 19.7 Å². The Labute approximate surface area is 106 Å². The zero-order chi connectivity index (χ0) is 13.0. The van der Waals surface area contributed by atoms with Crippen LogP contribution in [0.2, 0.25) is 0 Å². The molecule has 0 bridgehead atoms. The molecule has 0 aliphatic carbocycles. The molecule has 2 heterocycles. The molecule has 5 heteroatoms. The number of nitrogens with zero attached hydrogens (tertiary/aromatic N) is 1. The van der Waals surface area contributed by atoms with Crippen LogP contribution < -0.4 is 16.2 Å². The van der Waals surface area contributed by atoms with Crippen LogP contribution in [0.25, 0.3) is 0 Å². The zero-order valence-electron chi connectivity index (χ0n) is 10.6. The SMILES string of the molecule is Cn1cccc(NC(=O)CCC2CCNC2)c1=O. The monoisotopic (exact) mass is 249 g/mol. The van der Waals surface area contributed by atoms with E-state index in [1.54, 1.807) is 25.4 Å². The molecule has 1 aromatic heterocycles. The number of nitrogens with one attached hydrogen (secondary N) is 2. The molecular weight excluding hydrogens is 230 g/mol. The number of pyridine rings is 1. The first-order chi connectivity index (χ1) is 8.66. The summed E-state index contributed by atoms with van der Waals surface area (Å²) in [7, 11) is 1.67. The minimum atomic E-state index is -0.173. The van der Waals surface area contributed by atoms with Gasteiger partial charge in [0.1, 0.15) is 5.69 Å². The molecule has 1 aliphatic rings. The van der Waals surface area contributed by atoms with Crippen LogP contribution in [0.5, 0.6) is 0 Å². The van der Waals surface area contributed by atoms with Gasteiger partial charge >= 0.3 is 0 Å². The molecule has 5 nitrogen and oxygen atoms in total. The Balaban J connectivity index is 1.86. The first-order valence-corrected chi connectivity index (χ1v) is 6.33. The van der Waals surface area contributed by atoms with Gasteiger partial charge in [-0.2, -0.15) is 0 Å². The van der Waals surface area contributed by atoms with E-state index in [0.29, 0.717) is 18.0 Å². The molecular formula is C13H19N3O2. The highest BCUT2D eigenvalue weighted by atomic mass is 16.2. The summed E-state index contributed by atoms with van der Waals surface area (Å²) in [5, 5.41) is 5.96. The molecule has 0 saturated carbocycles. The quantitative estimate of drug-likeness (QED) is 0.826. The number of aryl methyl sites for hydroxylation is 1. The maximum absolute atomic E-state index is 11.8. The van der Waals surface area contributed by atoms with E-state index in [4.69, 9.17) is 0 Å². The molecule has 1 unspecified atom stereocenters. The summed E-state index contributed by atoms with van der Waals surface area (Å²) in [4.78, 5) is 23.5. The average molecular weight is 249 g/mol. The highest BCUT2D eigenvalue weighted by Gasteiger charge is 2.16. The molecule has 0 aromatic carbocycles. The first kappa shape index (κ1) is 12.8. The van der Waals surface area contributed by atoms with Gasteiger partial charge < -0.3 is 15.2 Å². The number of hydrogen-bond acceptors (Lipinski definition) is 3. The molecule has 1 atom stereocenters. The minimum Gasteiger partial charge on any atom is -0.321 e. The predicted octanol–water partition coefficient (Wildman–Crippen LogP) is 0.713. The Morgan fingerprint density at radius 3 is 3.17 bits per heavy atom. The third-order valence-electron chi connectivity index (χ3n) is 3.34. The number of amides is 1. The molecule has 1 saturated heterocycles. The normalized spacial score (nSPS) is 18.8. The van der Waals surface area contributed by atoms with Crippen molar-refractivity contribution < 1.29 is 4.79 Å². The Hall–Kier alpha value is -1.62. The second-order valence-corrected chi connectivity index (χ2v) is 4.78. The van der Waals surface area contributed by atoms with Crippen LogP contribution in [0.1, 0.15) is 19.3 Å². The van der Waals surface area contributed by atoms with Gasteiger partial charge in [0.2, 0.25) is 5.91 Å². The highest BCUT2D eigenvalue weighted by molar-refractivity contribution is 5.90. The van der Waals surface area contributed by atoms with Gasteiger partial charge in [-0.05, 0) is 44.0 Å². The lowest BCUT2D eigenvalue weighted by Gasteiger charge is -2.08. The fourth-order valence-corrected chi connectivity index (χ4v) is 2.20. The lowest BCUT2D eigenvalue weighted by molar-refractivity contribution is -0.116. The molecule has 0 spiro atoms. The highest BCUT2D eigenvalue weighted by Crippen LogP contribution is 2.14. The van der Waals surface area contributed by atoms with E-state index < -0.39 is 0 Å². The maximum Gasteiger partial charge on any atom is 0.274 e. The van der Waals surface area contributed by atoms with E-state index in [1.165, 1.54) is 4.57 Å². The molecule has 1 aliphatic heterocycles. The van der Waals surface area contributed by atoms with E-state index in [-0.39, 0.29) is 11.5 Å². The number of aromatic nitrogens is 1. The fraction of sp³-hybridized carbons (Fsp3) is 0.538. The van der Waals surface area contributed by atoms with Crippen LogP contribution in [0.3, 0.4) is 0 Å². The first-order valence-electron chi connectivity index (χ1n) is 6.33. The molecule has 1 amide bonds. The topological polar surface area (TPSA) is 63.1 Å². The van der Waals surface area contributed by atoms with Crippen LogP contribution in [0, 0.1) is 5.92 Å². The zero-order valence-corrected chi connectivity index (χ0v) is 10.6. The molecule has 18 heavy (non-hydrogen) atoms. The Morgan fingerprint density at radius 1 is 1.61 bits per heavy atom.